The summed E-state index contributed by atoms with van der Waals surface area (Å²) in [6.45, 7) is 3.09. The molecule has 0 radical (unpaired) electrons. The molecule has 0 bridgehead atoms. The standard InChI is InChI=1S/C7H10BrNS/c1-5-7(8)3-6(10-5)4-9-2/h3,9H,4H2,1-2H3. The van der Waals surface area contributed by atoms with Crippen molar-refractivity contribution in [3.8, 4) is 0 Å². The van der Waals surface area contributed by atoms with Crippen LogP contribution in [0.3, 0.4) is 0 Å². The monoisotopic (exact) mass is 219 g/mol. The van der Waals surface area contributed by atoms with Crippen LogP contribution in [0.1, 0.15) is 9.75 Å². The molecule has 0 fully saturated rings. The Bertz CT molecular complexity index is 200. The molecule has 0 aliphatic rings. The predicted molar refractivity (Wildman–Crippen MR) is 49.5 cm³/mol. The fourth-order valence-corrected chi connectivity index (χ4v) is 2.39. The molecule has 0 aliphatic heterocycles. The Morgan fingerprint density at radius 1 is 1.70 bits per heavy atom. The predicted octanol–water partition coefficient (Wildman–Crippen LogP) is 2.54. The minimum absolute atomic E-state index is 0.969. The maximum absolute atomic E-state index is 3.47. The number of rotatable bonds is 2. The first-order chi connectivity index (χ1) is 4.74. The first-order valence-electron chi connectivity index (χ1n) is 3.13. The summed E-state index contributed by atoms with van der Waals surface area (Å²) in [5.41, 5.74) is 0. The van der Waals surface area contributed by atoms with Crippen LogP contribution in [-0.4, -0.2) is 7.05 Å². The van der Waals surface area contributed by atoms with Gasteiger partial charge in [0.05, 0.1) is 0 Å². The van der Waals surface area contributed by atoms with Crippen LogP contribution in [0.15, 0.2) is 10.5 Å². The van der Waals surface area contributed by atoms with Gasteiger partial charge in [-0.05, 0) is 36.0 Å². The molecule has 1 aromatic rings. The van der Waals surface area contributed by atoms with Gasteiger partial charge in [-0.3, -0.25) is 0 Å². The zero-order valence-corrected chi connectivity index (χ0v) is 8.47. The fraction of sp³-hybridized carbons (Fsp3) is 0.429. The van der Waals surface area contributed by atoms with Crippen LogP contribution in [0, 0.1) is 6.92 Å². The summed E-state index contributed by atoms with van der Waals surface area (Å²) in [6, 6.07) is 2.16. The number of hydrogen-bond acceptors (Lipinski definition) is 2. The lowest BCUT2D eigenvalue weighted by Gasteiger charge is -1.90. The van der Waals surface area contributed by atoms with Crippen LogP contribution < -0.4 is 5.32 Å². The van der Waals surface area contributed by atoms with Crippen LogP contribution in [0.4, 0.5) is 0 Å². The van der Waals surface area contributed by atoms with Gasteiger partial charge in [0.25, 0.3) is 0 Å². The molecule has 0 saturated carbocycles. The number of aryl methyl sites for hydroxylation is 1. The Morgan fingerprint density at radius 3 is 2.80 bits per heavy atom. The molecule has 0 aromatic carbocycles. The molecule has 3 heteroatoms. The summed E-state index contributed by atoms with van der Waals surface area (Å²) in [7, 11) is 1.96. The SMILES string of the molecule is CNCc1cc(Br)c(C)s1. The number of halogens is 1. The lowest BCUT2D eigenvalue weighted by Crippen LogP contribution is -2.02. The van der Waals surface area contributed by atoms with Crippen molar-refractivity contribution in [3.05, 3.63) is 20.3 Å². The van der Waals surface area contributed by atoms with Crippen molar-refractivity contribution in [2.45, 2.75) is 13.5 Å². The van der Waals surface area contributed by atoms with Crippen LogP contribution in [0.25, 0.3) is 0 Å². The number of hydrogen-bond donors (Lipinski definition) is 1. The smallest absolute Gasteiger partial charge is 0.0314 e. The van der Waals surface area contributed by atoms with Gasteiger partial charge in [-0.2, -0.15) is 0 Å². The van der Waals surface area contributed by atoms with Crippen LogP contribution >= 0.6 is 27.3 Å². The molecular formula is C7H10BrNS. The Hall–Kier alpha value is 0.140. The third kappa shape index (κ3) is 1.81. The van der Waals surface area contributed by atoms with E-state index in [1.54, 1.807) is 0 Å². The van der Waals surface area contributed by atoms with Gasteiger partial charge in [-0.15, -0.1) is 11.3 Å². The maximum atomic E-state index is 3.47. The van der Waals surface area contributed by atoms with Crippen LogP contribution in [0.5, 0.6) is 0 Å². The zero-order valence-electron chi connectivity index (χ0n) is 6.07. The molecule has 0 spiro atoms. The molecule has 0 unspecified atom stereocenters. The number of thiophene rings is 1. The van der Waals surface area contributed by atoms with Gasteiger partial charge >= 0.3 is 0 Å². The van der Waals surface area contributed by atoms with Gasteiger partial charge in [-0.1, -0.05) is 0 Å². The van der Waals surface area contributed by atoms with Crippen molar-refractivity contribution in [1.29, 1.82) is 0 Å². The van der Waals surface area contributed by atoms with Crippen molar-refractivity contribution in [1.82, 2.24) is 5.32 Å². The molecule has 0 atom stereocenters. The van der Waals surface area contributed by atoms with E-state index in [0.717, 1.165) is 6.54 Å². The van der Waals surface area contributed by atoms with E-state index in [1.807, 2.05) is 18.4 Å². The van der Waals surface area contributed by atoms with E-state index in [9.17, 15) is 0 Å². The van der Waals surface area contributed by atoms with Crippen molar-refractivity contribution >= 4 is 27.3 Å². The van der Waals surface area contributed by atoms with Crippen molar-refractivity contribution < 1.29 is 0 Å². The second kappa shape index (κ2) is 3.51. The van der Waals surface area contributed by atoms with Crippen LogP contribution in [0.2, 0.25) is 0 Å². The molecule has 1 N–H and O–H groups in total. The summed E-state index contributed by atoms with van der Waals surface area (Å²) in [5.74, 6) is 0. The highest BCUT2D eigenvalue weighted by Gasteiger charge is 1.99. The molecule has 0 amide bonds. The minimum Gasteiger partial charge on any atom is -0.315 e. The largest absolute Gasteiger partial charge is 0.315 e. The third-order valence-corrected chi connectivity index (χ3v) is 3.40. The summed E-state index contributed by atoms with van der Waals surface area (Å²) in [5, 5.41) is 3.11. The van der Waals surface area contributed by atoms with Gasteiger partial charge in [-0.25, -0.2) is 0 Å². The van der Waals surface area contributed by atoms with E-state index >= 15 is 0 Å². The summed E-state index contributed by atoms with van der Waals surface area (Å²) in [4.78, 5) is 2.73. The maximum Gasteiger partial charge on any atom is 0.0314 e. The normalized spacial score (nSPS) is 10.3. The average molecular weight is 220 g/mol. The van der Waals surface area contributed by atoms with E-state index < -0.39 is 0 Å². The Kier molecular flexibility index (Phi) is 2.89. The van der Waals surface area contributed by atoms with Gasteiger partial charge in [0.1, 0.15) is 0 Å². The van der Waals surface area contributed by atoms with E-state index in [2.05, 4.69) is 34.2 Å². The highest BCUT2D eigenvalue weighted by atomic mass is 79.9. The van der Waals surface area contributed by atoms with Crippen LogP contribution in [-0.2, 0) is 6.54 Å². The summed E-state index contributed by atoms with van der Waals surface area (Å²) < 4.78 is 1.22. The molecule has 1 nitrogen and oxygen atoms in total. The number of nitrogens with one attached hydrogen (secondary N) is 1. The van der Waals surface area contributed by atoms with Crippen molar-refractivity contribution in [2.75, 3.05) is 7.05 Å². The molecule has 1 heterocycles. The van der Waals surface area contributed by atoms with Crippen molar-refractivity contribution in [2.24, 2.45) is 0 Å². The van der Waals surface area contributed by atoms with Crippen molar-refractivity contribution in [3.63, 3.8) is 0 Å². The lowest BCUT2D eigenvalue weighted by molar-refractivity contribution is 0.831. The Morgan fingerprint density at radius 2 is 2.40 bits per heavy atom. The molecule has 1 aromatic heterocycles. The van der Waals surface area contributed by atoms with E-state index in [0.29, 0.717) is 0 Å². The minimum atomic E-state index is 0.969. The molecule has 0 aliphatic carbocycles. The van der Waals surface area contributed by atoms with E-state index in [4.69, 9.17) is 0 Å². The average Bonchev–Trinajstić information content (AvgIpc) is 2.14. The lowest BCUT2D eigenvalue weighted by atomic mass is 10.4. The zero-order chi connectivity index (χ0) is 7.56. The Balaban J connectivity index is 2.77. The molecule has 10 heavy (non-hydrogen) atoms. The third-order valence-electron chi connectivity index (χ3n) is 1.26. The molecule has 1 rings (SSSR count). The van der Waals surface area contributed by atoms with Gasteiger partial charge in [0.2, 0.25) is 0 Å². The van der Waals surface area contributed by atoms with E-state index in [-0.39, 0.29) is 0 Å². The Labute approximate surface area is 73.6 Å². The highest BCUT2D eigenvalue weighted by molar-refractivity contribution is 9.10. The van der Waals surface area contributed by atoms with Gasteiger partial charge < -0.3 is 5.32 Å². The highest BCUT2D eigenvalue weighted by Crippen LogP contribution is 2.25. The summed E-state index contributed by atoms with van der Waals surface area (Å²) in [6.07, 6.45) is 0. The first-order valence-corrected chi connectivity index (χ1v) is 4.74. The van der Waals surface area contributed by atoms with E-state index in [1.165, 1.54) is 14.2 Å². The topological polar surface area (TPSA) is 12.0 Å². The second-order valence-electron chi connectivity index (χ2n) is 2.15. The quantitative estimate of drug-likeness (QED) is 0.807. The second-order valence-corrected chi connectivity index (χ2v) is 4.34. The molecule has 56 valence electrons. The fourth-order valence-electron chi connectivity index (χ4n) is 0.779. The summed E-state index contributed by atoms with van der Waals surface area (Å²) >= 11 is 5.30. The molecule has 0 saturated heterocycles. The van der Waals surface area contributed by atoms with Gasteiger partial charge in [0, 0.05) is 20.8 Å². The first kappa shape index (κ1) is 8.24. The van der Waals surface area contributed by atoms with Gasteiger partial charge in [0.15, 0.2) is 0 Å². The molecular weight excluding hydrogens is 210 g/mol.